The monoisotopic (exact) mass is 100 g/mol. The van der Waals surface area contributed by atoms with Crippen molar-refractivity contribution >= 4 is 14.6 Å². The fourth-order valence-corrected chi connectivity index (χ4v) is 1.26. The van der Waals surface area contributed by atoms with Gasteiger partial charge in [0.2, 0.25) is 0 Å². The normalized spacial score (nSPS) is 23.0. The van der Waals surface area contributed by atoms with Crippen LogP contribution in [-0.2, 0) is 0 Å². The van der Waals surface area contributed by atoms with Crippen LogP contribution in [0.4, 0.5) is 0 Å². The molecule has 2 heteroatoms. The molecule has 0 aliphatic carbocycles. The first kappa shape index (κ1) is 4.49. The van der Waals surface area contributed by atoms with E-state index in [9.17, 15) is 0 Å². The SMILES string of the molecule is [B]1CC=C2[B]CC=C12. The Hall–Kier alpha value is -0.390. The van der Waals surface area contributed by atoms with Crippen molar-refractivity contribution < 1.29 is 0 Å². The quantitative estimate of drug-likeness (QED) is 0.398. The van der Waals surface area contributed by atoms with Gasteiger partial charge in [-0.15, -0.1) is 0 Å². The van der Waals surface area contributed by atoms with Gasteiger partial charge in [0, 0.05) is 0 Å². The van der Waals surface area contributed by atoms with Gasteiger partial charge in [-0.2, -0.15) is 0 Å². The van der Waals surface area contributed by atoms with Gasteiger partial charge in [0.1, 0.15) is 0 Å². The maximum absolute atomic E-state index is 2.28. The van der Waals surface area contributed by atoms with Crippen LogP contribution in [0.3, 0.4) is 0 Å². The van der Waals surface area contributed by atoms with Crippen molar-refractivity contribution in [2.45, 2.75) is 12.6 Å². The highest BCUT2D eigenvalue weighted by Crippen LogP contribution is 2.24. The lowest BCUT2D eigenvalue weighted by Crippen LogP contribution is -1.87. The van der Waals surface area contributed by atoms with Crippen LogP contribution in [0, 0.1) is 0 Å². The van der Waals surface area contributed by atoms with E-state index in [0.29, 0.717) is 0 Å². The highest BCUT2D eigenvalue weighted by Gasteiger charge is 2.16. The van der Waals surface area contributed by atoms with Crippen LogP contribution in [0.1, 0.15) is 0 Å². The van der Waals surface area contributed by atoms with E-state index in [2.05, 4.69) is 26.7 Å². The van der Waals surface area contributed by atoms with Crippen molar-refractivity contribution in [2.75, 3.05) is 0 Å². The van der Waals surface area contributed by atoms with Crippen molar-refractivity contribution in [3.63, 3.8) is 0 Å². The molecule has 0 aromatic rings. The molecular weight excluding hydrogens is 93.7 g/mol. The summed E-state index contributed by atoms with van der Waals surface area (Å²) in [5.74, 6) is 0. The number of hydrogen-bond donors (Lipinski definition) is 0. The Balaban J connectivity index is 2.37. The summed E-state index contributed by atoms with van der Waals surface area (Å²) in [5, 5.41) is 0. The average Bonchev–Trinajstić information content (AvgIpc) is 2.15. The lowest BCUT2D eigenvalue weighted by Gasteiger charge is -1.88. The van der Waals surface area contributed by atoms with Crippen LogP contribution in [0.15, 0.2) is 23.1 Å². The van der Waals surface area contributed by atoms with Gasteiger partial charge in [0.25, 0.3) is 0 Å². The second-order valence-corrected chi connectivity index (χ2v) is 2.20. The first-order valence-electron chi connectivity index (χ1n) is 3.04. The first-order chi connectivity index (χ1) is 3.97. The van der Waals surface area contributed by atoms with Gasteiger partial charge >= 0.3 is 0 Å². The zero-order valence-electron chi connectivity index (χ0n) is 4.72. The van der Waals surface area contributed by atoms with Gasteiger partial charge in [-0.1, -0.05) is 35.7 Å². The van der Waals surface area contributed by atoms with Crippen molar-refractivity contribution in [1.82, 2.24) is 0 Å². The van der Waals surface area contributed by atoms with Gasteiger partial charge < -0.3 is 0 Å². The maximum Gasteiger partial charge on any atom is 0.154 e. The molecule has 2 aliphatic heterocycles. The predicted molar refractivity (Wildman–Crippen MR) is 37.3 cm³/mol. The second-order valence-electron chi connectivity index (χ2n) is 2.20. The molecule has 8 heavy (non-hydrogen) atoms. The van der Waals surface area contributed by atoms with Crippen LogP contribution in [0.25, 0.3) is 0 Å². The number of fused-ring (bicyclic) bond motifs is 1. The number of rotatable bonds is 0. The molecule has 36 valence electrons. The summed E-state index contributed by atoms with van der Waals surface area (Å²) in [5.41, 5.74) is 2.93. The Labute approximate surface area is 51.1 Å². The van der Waals surface area contributed by atoms with Gasteiger partial charge in [0.05, 0.1) is 0 Å². The van der Waals surface area contributed by atoms with Crippen LogP contribution in [0.2, 0.25) is 12.6 Å². The van der Waals surface area contributed by atoms with Crippen molar-refractivity contribution in [2.24, 2.45) is 0 Å². The Morgan fingerprint density at radius 1 is 1.00 bits per heavy atom. The highest BCUT2D eigenvalue weighted by molar-refractivity contribution is 6.62. The van der Waals surface area contributed by atoms with Crippen LogP contribution in [-0.4, -0.2) is 14.6 Å². The predicted octanol–water partition coefficient (Wildman–Crippen LogP) is 1.03. The summed E-state index contributed by atoms with van der Waals surface area (Å²) in [7, 11) is 4.55. The highest BCUT2D eigenvalue weighted by atomic mass is 14.0. The van der Waals surface area contributed by atoms with E-state index >= 15 is 0 Å². The molecule has 0 saturated heterocycles. The third-order valence-electron chi connectivity index (χ3n) is 1.68. The topological polar surface area (TPSA) is 0 Å². The molecule has 0 amide bonds. The van der Waals surface area contributed by atoms with Gasteiger partial charge in [-0.3, -0.25) is 0 Å². The van der Waals surface area contributed by atoms with Gasteiger partial charge in [-0.05, 0) is 0 Å². The summed E-state index contributed by atoms with van der Waals surface area (Å²) in [6, 6.07) is 0. The lowest BCUT2D eigenvalue weighted by molar-refractivity contribution is 1.71. The van der Waals surface area contributed by atoms with E-state index in [1.165, 1.54) is 10.9 Å². The van der Waals surface area contributed by atoms with E-state index in [1.54, 1.807) is 0 Å². The van der Waals surface area contributed by atoms with Crippen LogP contribution < -0.4 is 0 Å². The minimum absolute atomic E-state index is 1.15. The van der Waals surface area contributed by atoms with Crippen molar-refractivity contribution in [3.05, 3.63) is 23.1 Å². The fourth-order valence-electron chi connectivity index (χ4n) is 1.26. The average molecular weight is 99.7 g/mol. The molecule has 0 unspecified atom stereocenters. The van der Waals surface area contributed by atoms with E-state index < -0.39 is 0 Å². The largest absolute Gasteiger partial charge is 0.154 e. The summed E-state index contributed by atoms with van der Waals surface area (Å²) >= 11 is 0. The molecule has 2 heterocycles. The Kier molecular flexibility index (Phi) is 0.865. The molecule has 0 spiro atoms. The summed E-state index contributed by atoms with van der Waals surface area (Å²) in [6.45, 7) is 0. The van der Waals surface area contributed by atoms with Crippen molar-refractivity contribution in [3.8, 4) is 0 Å². The molecule has 0 aromatic heterocycles. The molecular formula is C6H6B2. The second kappa shape index (κ2) is 1.54. The molecule has 0 fully saturated rings. The summed E-state index contributed by atoms with van der Waals surface area (Å²) in [4.78, 5) is 0. The zero-order chi connectivity index (χ0) is 5.40. The van der Waals surface area contributed by atoms with Gasteiger partial charge in [0.15, 0.2) is 14.6 Å². The Bertz CT molecular complexity index is 147. The third kappa shape index (κ3) is 0.489. The van der Waals surface area contributed by atoms with E-state index in [4.69, 9.17) is 0 Å². The molecule has 0 N–H and O–H groups in total. The minimum Gasteiger partial charge on any atom is -0.0988 e. The van der Waals surface area contributed by atoms with E-state index in [0.717, 1.165) is 12.6 Å². The molecule has 2 aliphatic rings. The van der Waals surface area contributed by atoms with E-state index in [1.807, 2.05) is 0 Å². The third-order valence-corrected chi connectivity index (χ3v) is 1.68. The summed E-state index contributed by atoms with van der Waals surface area (Å²) < 4.78 is 0. The molecule has 0 nitrogen and oxygen atoms in total. The van der Waals surface area contributed by atoms with E-state index in [-0.39, 0.29) is 0 Å². The van der Waals surface area contributed by atoms with Crippen LogP contribution >= 0.6 is 0 Å². The summed E-state index contributed by atoms with van der Waals surface area (Å²) in [6.07, 6.45) is 6.85. The Morgan fingerprint density at radius 3 is 2.00 bits per heavy atom. The lowest BCUT2D eigenvalue weighted by atomic mass is 9.65. The minimum atomic E-state index is 1.15. The molecule has 2 rings (SSSR count). The number of allylic oxidation sites excluding steroid dienone is 4. The molecule has 0 saturated carbocycles. The molecule has 2 radical (unpaired) electrons. The fraction of sp³-hybridized carbons (Fsp3) is 0.333. The standard InChI is InChI=1S/C6H6B2/c1-3-7-6-2-4-8-5(1)6/h1-2H,3-4H2. The van der Waals surface area contributed by atoms with Crippen LogP contribution in [0.5, 0.6) is 0 Å². The smallest absolute Gasteiger partial charge is 0.0988 e. The first-order valence-corrected chi connectivity index (χ1v) is 3.04. The zero-order valence-corrected chi connectivity index (χ0v) is 4.72. The maximum atomic E-state index is 2.28. The molecule has 0 aromatic carbocycles. The number of hydrogen-bond acceptors (Lipinski definition) is 0. The molecule has 0 bridgehead atoms. The molecule has 0 atom stereocenters. The van der Waals surface area contributed by atoms with Crippen molar-refractivity contribution in [1.29, 1.82) is 0 Å². The Morgan fingerprint density at radius 2 is 1.50 bits per heavy atom. The van der Waals surface area contributed by atoms with Gasteiger partial charge in [-0.25, -0.2) is 0 Å².